The highest BCUT2D eigenvalue weighted by Crippen LogP contribution is 2.51. The Kier molecular flexibility index (Phi) is 8.61. The fraction of sp³-hybridized carbons (Fsp3) is 0.500. The van der Waals surface area contributed by atoms with Crippen LogP contribution in [0.1, 0.15) is 35.1 Å². The summed E-state index contributed by atoms with van der Waals surface area (Å²) in [7, 11) is 2.89. The second kappa shape index (κ2) is 11.7. The van der Waals surface area contributed by atoms with Crippen molar-refractivity contribution in [3.05, 3.63) is 47.0 Å². The predicted octanol–water partition coefficient (Wildman–Crippen LogP) is 0.109. The second-order valence-corrected chi connectivity index (χ2v) is 9.16. The molecule has 12 nitrogen and oxygen atoms in total. The number of rotatable bonds is 10. The van der Waals surface area contributed by atoms with E-state index in [0.717, 1.165) is 5.56 Å². The number of ether oxygens (including phenoxy) is 5. The molecule has 2 aromatic carbocycles. The van der Waals surface area contributed by atoms with Gasteiger partial charge in [0.05, 0.1) is 33.4 Å². The van der Waals surface area contributed by atoms with Crippen molar-refractivity contribution in [1.82, 2.24) is 0 Å². The molecule has 2 unspecified atom stereocenters. The smallest absolute Gasteiger partial charge is 0.303 e. The Morgan fingerprint density at radius 2 is 1.66 bits per heavy atom. The largest absolute Gasteiger partial charge is 0.493 e. The molecule has 208 valence electrons. The SMILES string of the molecule is COc1cc(C2Oc3c(OC)cc(CCC(=O)O)cc3C2CO)ccc1O[C@@H]1O[C@H](CO)[C@@H](O)[C@H](O)[C@H]1O. The highest BCUT2D eigenvalue weighted by Gasteiger charge is 2.45. The fourth-order valence-corrected chi connectivity index (χ4v) is 4.75. The summed E-state index contributed by atoms with van der Waals surface area (Å²) in [5, 5.41) is 59.1. The van der Waals surface area contributed by atoms with Crippen molar-refractivity contribution in [2.24, 2.45) is 0 Å². The van der Waals surface area contributed by atoms with Gasteiger partial charge in [0.2, 0.25) is 6.29 Å². The number of benzene rings is 2. The molecule has 2 aromatic rings. The van der Waals surface area contributed by atoms with Crippen molar-refractivity contribution in [2.75, 3.05) is 27.4 Å². The van der Waals surface area contributed by atoms with Crippen LogP contribution < -0.4 is 18.9 Å². The minimum Gasteiger partial charge on any atom is -0.493 e. The van der Waals surface area contributed by atoms with Crippen molar-refractivity contribution in [2.45, 2.75) is 55.6 Å². The minimum atomic E-state index is -1.60. The van der Waals surface area contributed by atoms with Crippen LogP contribution in [0.15, 0.2) is 30.3 Å². The number of carbonyl (C=O) groups is 1. The number of fused-ring (bicyclic) bond motifs is 1. The van der Waals surface area contributed by atoms with Gasteiger partial charge in [-0.25, -0.2) is 0 Å². The standard InChI is InChI=1S/C26H32O12/c1-34-17-9-13(4-5-16(17)36-26-23(33)22(32)21(31)19(11-28)37-26)24-15(10-27)14-7-12(3-6-20(29)30)8-18(35-2)25(14)38-24/h4-5,7-9,15,19,21-24,26-28,31-33H,3,6,10-11H2,1-2H3,(H,29,30)/t15?,19-,21-,22+,23-,24?,26-/m1/s1. The molecule has 1 saturated heterocycles. The average molecular weight is 537 g/mol. The van der Waals surface area contributed by atoms with Crippen LogP contribution >= 0.6 is 0 Å². The lowest BCUT2D eigenvalue weighted by Crippen LogP contribution is -2.60. The number of carboxylic acids is 1. The molecule has 0 spiro atoms. The molecule has 0 bridgehead atoms. The zero-order valence-corrected chi connectivity index (χ0v) is 20.9. The van der Waals surface area contributed by atoms with Crippen LogP contribution in [-0.2, 0) is 16.0 Å². The Hall–Kier alpha value is -3.13. The van der Waals surface area contributed by atoms with Crippen molar-refractivity contribution in [3.63, 3.8) is 0 Å². The molecule has 2 heterocycles. The average Bonchev–Trinajstić information content (AvgIpc) is 3.30. The van der Waals surface area contributed by atoms with E-state index in [4.69, 9.17) is 28.8 Å². The van der Waals surface area contributed by atoms with Crippen molar-refractivity contribution >= 4 is 5.97 Å². The Labute approximate surface area is 218 Å². The lowest BCUT2D eigenvalue weighted by atomic mass is 9.90. The first-order valence-electron chi connectivity index (χ1n) is 12.1. The van der Waals surface area contributed by atoms with Gasteiger partial charge in [0.1, 0.15) is 30.5 Å². The number of aliphatic hydroxyl groups is 5. The summed E-state index contributed by atoms with van der Waals surface area (Å²) in [5.41, 5.74) is 2.07. The molecule has 2 aliphatic heterocycles. The summed E-state index contributed by atoms with van der Waals surface area (Å²) in [6.45, 7) is -0.848. The highest BCUT2D eigenvalue weighted by molar-refractivity contribution is 5.67. The third-order valence-electron chi connectivity index (χ3n) is 6.81. The van der Waals surface area contributed by atoms with Crippen molar-refractivity contribution in [1.29, 1.82) is 0 Å². The number of hydrogen-bond donors (Lipinski definition) is 6. The van der Waals surface area contributed by atoms with Gasteiger partial charge in [0.25, 0.3) is 0 Å². The van der Waals surface area contributed by atoms with Gasteiger partial charge in [-0.15, -0.1) is 0 Å². The topological polar surface area (TPSA) is 185 Å². The normalized spacial score (nSPS) is 28.3. The number of methoxy groups -OCH3 is 2. The zero-order valence-electron chi connectivity index (χ0n) is 20.9. The molecule has 12 heteroatoms. The van der Waals surface area contributed by atoms with E-state index in [-0.39, 0.29) is 24.5 Å². The molecule has 0 saturated carbocycles. The summed E-state index contributed by atoms with van der Waals surface area (Å²) >= 11 is 0. The van der Waals surface area contributed by atoms with E-state index >= 15 is 0 Å². The molecule has 0 aliphatic carbocycles. The predicted molar refractivity (Wildman–Crippen MR) is 130 cm³/mol. The van der Waals surface area contributed by atoms with Gasteiger partial charge in [-0.3, -0.25) is 4.79 Å². The first-order valence-corrected chi connectivity index (χ1v) is 12.1. The molecule has 0 aromatic heterocycles. The van der Waals surface area contributed by atoms with Gasteiger partial charge in [-0.05, 0) is 35.7 Å². The van der Waals surface area contributed by atoms with E-state index in [0.29, 0.717) is 29.0 Å². The molecule has 0 radical (unpaired) electrons. The number of aliphatic hydroxyl groups excluding tert-OH is 5. The van der Waals surface area contributed by atoms with Crippen LogP contribution in [0.3, 0.4) is 0 Å². The highest BCUT2D eigenvalue weighted by atomic mass is 16.7. The van der Waals surface area contributed by atoms with Crippen LogP contribution in [0, 0.1) is 0 Å². The molecule has 2 aliphatic rings. The van der Waals surface area contributed by atoms with E-state index in [1.165, 1.54) is 14.2 Å². The summed E-state index contributed by atoms with van der Waals surface area (Å²) in [6, 6.07) is 8.40. The molecular weight excluding hydrogens is 504 g/mol. The summed E-state index contributed by atoms with van der Waals surface area (Å²) in [4.78, 5) is 11.0. The Morgan fingerprint density at radius 3 is 2.29 bits per heavy atom. The summed E-state index contributed by atoms with van der Waals surface area (Å²) in [5.74, 6) is -0.120. The minimum absolute atomic E-state index is 0.0525. The van der Waals surface area contributed by atoms with E-state index < -0.39 is 55.3 Å². The second-order valence-electron chi connectivity index (χ2n) is 9.16. The molecule has 1 fully saturated rings. The van der Waals surface area contributed by atoms with E-state index in [9.17, 15) is 30.3 Å². The van der Waals surface area contributed by atoms with Crippen LogP contribution in [0.4, 0.5) is 0 Å². The molecule has 4 rings (SSSR count). The Balaban J connectivity index is 1.60. The van der Waals surface area contributed by atoms with Crippen molar-refractivity contribution in [3.8, 4) is 23.0 Å². The van der Waals surface area contributed by atoms with Crippen LogP contribution in [0.5, 0.6) is 23.0 Å². The van der Waals surface area contributed by atoms with Gasteiger partial charge < -0.3 is 54.3 Å². The zero-order chi connectivity index (χ0) is 27.6. The quantitative estimate of drug-likeness (QED) is 0.241. The van der Waals surface area contributed by atoms with Gasteiger partial charge >= 0.3 is 5.97 Å². The van der Waals surface area contributed by atoms with E-state index in [1.54, 1.807) is 24.3 Å². The Bertz CT molecular complexity index is 1140. The van der Waals surface area contributed by atoms with Crippen LogP contribution in [0.2, 0.25) is 0 Å². The number of carboxylic acid groups (broad SMARTS) is 1. The van der Waals surface area contributed by atoms with Gasteiger partial charge in [-0.1, -0.05) is 12.1 Å². The fourth-order valence-electron chi connectivity index (χ4n) is 4.75. The van der Waals surface area contributed by atoms with Gasteiger partial charge in [0.15, 0.2) is 23.0 Å². The summed E-state index contributed by atoms with van der Waals surface area (Å²) in [6.07, 6.45) is -7.62. The van der Waals surface area contributed by atoms with Crippen LogP contribution in [0.25, 0.3) is 0 Å². The molecule has 7 atom stereocenters. The maximum Gasteiger partial charge on any atom is 0.303 e. The molecule has 6 N–H and O–H groups in total. The summed E-state index contributed by atoms with van der Waals surface area (Å²) < 4.78 is 28.3. The maximum atomic E-state index is 11.0. The third kappa shape index (κ3) is 5.37. The first kappa shape index (κ1) is 27.9. The van der Waals surface area contributed by atoms with Gasteiger partial charge in [0, 0.05) is 12.0 Å². The lowest BCUT2D eigenvalue weighted by Gasteiger charge is -2.39. The molecular formula is C26H32O12. The number of hydrogen-bond acceptors (Lipinski definition) is 11. The van der Waals surface area contributed by atoms with E-state index in [1.807, 2.05) is 6.07 Å². The third-order valence-corrected chi connectivity index (χ3v) is 6.81. The van der Waals surface area contributed by atoms with Gasteiger partial charge in [-0.2, -0.15) is 0 Å². The lowest BCUT2D eigenvalue weighted by molar-refractivity contribution is -0.277. The molecule has 38 heavy (non-hydrogen) atoms. The first-order chi connectivity index (χ1) is 18.2. The van der Waals surface area contributed by atoms with Crippen molar-refractivity contribution < 1.29 is 59.1 Å². The van der Waals surface area contributed by atoms with Crippen LogP contribution in [-0.4, -0.2) is 94.7 Å². The monoisotopic (exact) mass is 536 g/mol. The maximum absolute atomic E-state index is 11.0. The molecule has 0 amide bonds. The number of aliphatic carboxylic acids is 1. The Morgan fingerprint density at radius 1 is 0.921 bits per heavy atom. The van der Waals surface area contributed by atoms with E-state index in [2.05, 4.69) is 0 Å². The number of aryl methyl sites for hydroxylation is 1.